The number of nitrogens with zero attached hydrogens (tertiary/aromatic N) is 2. The highest BCUT2D eigenvalue weighted by Gasteiger charge is 2.56. The van der Waals surface area contributed by atoms with Crippen LogP contribution in [-0.4, -0.2) is 34.2 Å². The molecular weight excluding hydrogens is 588 g/mol. The molecule has 0 radical (unpaired) electrons. The molecule has 198 valence electrons. The molecule has 2 aromatic carbocycles. The van der Waals surface area contributed by atoms with Gasteiger partial charge in [0.1, 0.15) is 11.8 Å². The van der Waals surface area contributed by atoms with E-state index in [1.807, 2.05) is 24.3 Å². The number of amides is 2. The van der Waals surface area contributed by atoms with Gasteiger partial charge >= 0.3 is 10.8 Å². The number of hydrogen-bond donors (Lipinski definition) is 0. The van der Waals surface area contributed by atoms with Crippen LogP contribution in [0, 0.1) is 5.92 Å². The number of thiazole rings is 1. The van der Waals surface area contributed by atoms with Gasteiger partial charge in [-0.3, -0.25) is 23.7 Å². The van der Waals surface area contributed by atoms with Crippen LogP contribution in [0.4, 0.5) is 5.69 Å². The van der Waals surface area contributed by atoms with Crippen LogP contribution in [-0.2, 0) is 31.1 Å². The standard InChI is InChI=1S/C28H27BrN2O5S2/c1-5-36-19(32)14-30-26-23(38-27(30)35)20(15-6-8-16(9-7-15)28(2,3)4)21-22(37-26)25(34)31(24(21)33)18-12-10-17(29)11-13-18/h6-13,20-22H,5,14H2,1-4H3/t20-,21-,22+/m0/s1. The highest BCUT2D eigenvalue weighted by Crippen LogP contribution is 2.54. The molecule has 0 bridgehead atoms. The molecule has 2 amide bonds. The number of hydrogen-bond acceptors (Lipinski definition) is 7. The van der Waals surface area contributed by atoms with Crippen molar-refractivity contribution in [1.82, 2.24) is 4.57 Å². The number of aromatic nitrogens is 1. The van der Waals surface area contributed by atoms with Crippen LogP contribution in [0.15, 0.2) is 62.8 Å². The van der Waals surface area contributed by atoms with Gasteiger partial charge in [-0.25, -0.2) is 4.90 Å². The van der Waals surface area contributed by atoms with Crippen LogP contribution in [0.25, 0.3) is 0 Å². The van der Waals surface area contributed by atoms with Crippen molar-refractivity contribution >= 4 is 62.5 Å². The molecule has 5 rings (SSSR count). The molecule has 7 nitrogen and oxygen atoms in total. The number of thioether (sulfide) groups is 1. The lowest BCUT2D eigenvalue weighted by Gasteiger charge is -2.31. The fourth-order valence-corrected chi connectivity index (χ4v) is 8.02. The molecular formula is C28H27BrN2O5S2. The monoisotopic (exact) mass is 614 g/mol. The Morgan fingerprint density at radius 3 is 2.26 bits per heavy atom. The fourth-order valence-electron chi connectivity index (χ4n) is 4.99. The van der Waals surface area contributed by atoms with Gasteiger partial charge in [0.05, 0.1) is 23.2 Å². The summed E-state index contributed by atoms with van der Waals surface area (Å²) in [4.78, 5) is 54.7. The Morgan fingerprint density at radius 1 is 1.00 bits per heavy atom. The maximum atomic E-state index is 13.9. The number of rotatable bonds is 5. The molecule has 3 aromatic rings. The van der Waals surface area contributed by atoms with Gasteiger partial charge in [0.2, 0.25) is 11.8 Å². The molecule has 38 heavy (non-hydrogen) atoms. The summed E-state index contributed by atoms with van der Waals surface area (Å²) in [6, 6.07) is 15.1. The Kier molecular flexibility index (Phi) is 7.17. The van der Waals surface area contributed by atoms with Gasteiger partial charge in [0.15, 0.2) is 0 Å². The van der Waals surface area contributed by atoms with Crippen molar-refractivity contribution in [1.29, 1.82) is 0 Å². The molecule has 1 aromatic heterocycles. The zero-order valence-electron chi connectivity index (χ0n) is 21.4. The van der Waals surface area contributed by atoms with E-state index in [0.29, 0.717) is 15.6 Å². The first kappa shape index (κ1) is 26.9. The van der Waals surface area contributed by atoms with E-state index in [-0.39, 0.29) is 35.3 Å². The van der Waals surface area contributed by atoms with Crippen molar-refractivity contribution < 1.29 is 19.1 Å². The third kappa shape index (κ3) is 4.67. The molecule has 3 atom stereocenters. The van der Waals surface area contributed by atoms with E-state index >= 15 is 0 Å². The van der Waals surface area contributed by atoms with Crippen LogP contribution >= 0.6 is 39.0 Å². The lowest BCUT2D eigenvalue weighted by Crippen LogP contribution is -2.32. The summed E-state index contributed by atoms with van der Waals surface area (Å²) >= 11 is 5.63. The second kappa shape index (κ2) is 10.1. The van der Waals surface area contributed by atoms with Gasteiger partial charge in [-0.05, 0) is 47.7 Å². The predicted molar refractivity (Wildman–Crippen MR) is 152 cm³/mol. The van der Waals surface area contributed by atoms with Gasteiger partial charge < -0.3 is 4.74 Å². The minimum absolute atomic E-state index is 0.0556. The van der Waals surface area contributed by atoms with Crippen LogP contribution in [0.5, 0.6) is 0 Å². The van der Waals surface area contributed by atoms with Crippen LogP contribution in [0.3, 0.4) is 0 Å². The Bertz CT molecular complexity index is 1470. The van der Waals surface area contributed by atoms with Gasteiger partial charge in [-0.1, -0.05) is 84.1 Å². The van der Waals surface area contributed by atoms with Crippen molar-refractivity contribution in [2.45, 2.75) is 55.8 Å². The molecule has 0 aliphatic carbocycles. The normalized spacial score (nSPS) is 20.9. The Balaban J connectivity index is 1.64. The van der Waals surface area contributed by atoms with E-state index in [1.165, 1.54) is 21.2 Å². The molecule has 10 heteroatoms. The fraction of sp³-hybridized carbons (Fsp3) is 0.357. The number of halogens is 1. The molecule has 1 fully saturated rings. The first-order chi connectivity index (χ1) is 18.0. The quantitative estimate of drug-likeness (QED) is 0.285. The minimum atomic E-state index is -0.728. The van der Waals surface area contributed by atoms with Gasteiger partial charge in [0.25, 0.3) is 0 Å². The van der Waals surface area contributed by atoms with E-state index in [9.17, 15) is 19.2 Å². The average Bonchev–Trinajstić information content (AvgIpc) is 3.30. The summed E-state index contributed by atoms with van der Waals surface area (Å²) < 4.78 is 7.32. The molecule has 0 saturated carbocycles. The van der Waals surface area contributed by atoms with E-state index in [2.05, 4.69) is 36.7 Å². The van der Waals surface area contributed by atoms with Crippen molar-refractivity contribution in [3.8, 4) is 0 Å². The number of ether oxygens (including phenoxy) is 1. The number of esters is 1. The van der Waals surface area contributed by atoms with Crippen molar-refractivity contribution in [2.24, 2.45) is 5.92 Å². The Hall–Kier alpha value is -2.69. The van der Waals surface area contributed by atoms with E-state index < -0.39 is 23.1 Å². The Labute approximate surface area is 237 Å². The summed E-state index contributed by atoms with van der Waals surface area (Å²) in [5.74, 6) is -2.31. The lowest BCUT2D eigenvalue weighted by molar-refractivity contribution is -0.144. The first-order valence-corrected chi connectivity index (χ1v) is 14.8. The largest absolute Gasteiger partial charge is 0.465 e. The molecule has 0 N–H and O–H groups in total. The van der Waals surface area contributed by atoms with Gasteiger partial charge in [-0.15, -0.1) is 0 Å². The summed E-state index contributed by atoms with van der Waals surface area (Å²) in [6.07, 6.45) is 0. The minimum Gasteiger partial charge on any atom is -0.465 e. The van der Waals surface area contributed by atoms with Crippen molar-refractivity contribution in [3.05, 3.63) is 78.7 Å². The zero-order valence-corrected chi connectivity index (χ0v) is 24.6. The molecule has 3 heterocycles. The molecule has 2 aliphatic heterocycles. The van der Waals surface area contributed by atoms with Crippen molar-refractivity contribution in [2.75, 3.05) is 11.5 Å². The van der Waals surface area contributed by atoms with Gasteiger partial charge in [0, 0.05) is 15.3 Å². The summed E-state index contributed by atoms with van der Waals surface area (Å²) in [5, 5.41) is -0.175. The SMILES string of the molecule is CCOC(=O)Cn1c2c(sc1=O)[C@@H](c1ccc(C(C)(C)C)cc1)[C@@H]1C(=O)N(c3ccc(Br)cc3)C(=O)[C@@H]1S2. The van der Waals surface area contributed by atoms with Gasteiger partial charge in [-0.2, -0.15) is 0 Å². The first-order valence-electron chi connectivity index (χ1n) is 12.3. The number of imide groups is 1. The van der Waals surface area contributed by atoms with Crippen molar-refractivity contribution in [3.63, 3.8) is 0 Å². The van der Waals surface area contributed by atoms with E-state index in [0.717, 1.165) is 26.9 Å². The zero-order chi connectivity index (χ0) is 27.4. The predicted octanol–water partition coefficient (Wildman–Crippen LogP) is 5.33. The molecule has 0 spiro atoms. The number of benzene rings is 2. The second-order valence-electron chi connectivity index (χ2n) is 10.3. The third-order valence-electron chi connectivity index (χ3n) is 6.86. The summed E-state index contributed by atoms with van der Waals surface area (Å²) in [5.41, 5.74) is 2.45. The lowest BCUT2D eigenvalue weighted by atomic mass is 9.81. The second-order valence-corrected chi connectivity index (χ2v) is 13.4. The molecule has 2 aliphatic rings. The number of fused-ring (bicyclic) bond motifs is 2. The van der Waals surface area contributed by atoms with Crippen LogP contribution in [0.2, 0.25) is 0 Å². The van der Waals surface area contributed by atoms with E-state index in [1.54, 1.807) is 31.2 Å². The third-order valence-corrected chi connectivity index (χ3v) is 9.99. The number of carbonyl (C=O) groups is 3. The number of carbonyl (C=O) groups excluding carboxylic acids is 3. The molecule has 1 saturated heterocycles. The summed E-state index contributed by atoms with van der Waals surface area (Å²) in [7, 11) is 0. The Morgan fingerprint density at radius 2 is 1.66 bits per heavy atom. The van der Waals surface area contributed by atoms with Crippen LogP contribution < -0.4 is 9.77 Å². The van der Waals surface area contributed by atoms with Crippen LogP contribution in [0.1, 0.15) is 49.6 Å². The highest BCUT2D eigenvalue weighted by molar-refractivity contribution is 9.10. The summed E-state index contributed by atoms with van der Waals surface area (Å²) in [6.45, 7) is 8.06. The number of anilines is 1. The maximum Gasteiger partial charge on any atom is 0.326 e. The smallest absolute Gasteiger partial charge is 0.326 e. The average molecular weight is 616 g/mol. The topological polar surface area (TPSA) is 85.7 Å². The van der Waals surface area contributed by atoms with E-state index in [4.69, 9.17) is 4.74 Å². The molecule has 0 unspecified atom stereocenters. The highest BCUT2D eigenvalue weighted by atomic mass is 79.9. The maximum absolute atomic E-state index is 13.9.